The average Bonchev–Trinajstić information content (AvgIpc) is 2.57. The highest BCUT2D eigenvalue weighted by molar-refractivity contribution is 6.31. The van der Waals surface area contributed by atoms with Crippen molar-refractivity contribution in [3.05, 3.63) is 16.4 Å². The van der Waals surface area contributed by atoms with Crippen LogP contribution >= 0.6 is 11.6 Å². The van der Waals surface area contributed by atoms with E-state index in [9.17, 15) is 5.26 Å². The van der Waals surface area contributed by atoms with E-state index in [1.54, 1.807) is 0 Å². The Kier molecular flexibility index (Phi) is 3.44. The van der Waals surface area contributed by atoms with Crippen LogP contribution in [0.1, 0.15) is 43.6 Å². The van der Waals surface area contributed by atoms with Gasteiger partial charge in [-0.1, -0.05) is 18.5 Å². The minimum Gasteiger partial charge on any atom is -0.264 e. The van der Waals surface area contributed by atoms with Gasteiger partial charge in [0, 0.05) is 0 Å². The SMILES string of the molecule is Cc1nn(C2CC(C)CCC2C#N)c(C)c1Cl. The molecule has 3 nitrogen and oxygen atoms in total. The molecule has 17 heavy (non-hydrogen) atoms. The Labute approximate surface area is 107 Å². The van der Waals surface area contributed by atoms with Gasteiger partial charge in [0.25, 0.3) is 0 Å². The van der Waals surface area contributed by atoms with Gasteiger partial charge >= 0.3 is 0 Å². The largest absolute Gasteiger partial charge is 0.264 e. The molecule has 1 aromatic heterocycles. The first-order chi connectivity index (χ1) is 8.04. The van der Waals surface area contributed by atoms with Crippen LogP contribution in [0.2, 0.25) is 5.02 Å². The van der Waals surface area contributed by atoms with Crippen molar-refractivity contribution in [1.29, 1.82) is 5.26 Å². The molecule has 0 amide bonds. The van der Waals surface area contributed by atoms with Crippen molar-refractivity contribution in [2.75, 3.05) is 0 Å². The molecule has 3 unspecified atom stereocenters. The molecule has 4 heteroatoms. The normalized spacial score (nSPS) is 29.0. The summed E-state index contributed by atoms with van der Waals surface area (Å²) in [5.74, 6) is 0.729. The first kappa shape index (κ1) is 12.4. The van der Waals surface area contributed by atoms with Crippen molar-refractivity contribution in [1.82, 2.24) is 9.78 Å². The van der Waals surface area contributed by atoms with E-state index in [0.717, 1.165) is 35.7 Å². The van der Waals surface area contributed by atoms with Crippen molar-refractivity contribution < 1.29 is 0 Å². The van der Waals surface area contributed by atoms with Crippen LogP contribution < -0.4 is 0 Å². The maximum atomic E-state index is 9.25. The quantitative estimate of drug-likeness (QED) is 0.764. The highest BCUT2D eigenvalue weighted by atomic mass is 35.5. The molecule has 0 bridgehead atoms. The fraction of sp³-hybridized carbons (Fsp3) is 0.692. The fourth-order valence-electron chi connectivity index (χ4n) is 2.74. The van der Waals surface area contributed by atoms with E-state index in [2.05, 4.69) is 18.1 Å². The summed E-state index contributed by atoms with van der Waals surface area (Å²) in [7, 11) is 0. The van der Waals surface area contributed by atoms with Gasteiger partial charge in [-0.05, 0) is 39.0 Å². The van der Waals surface area contributed by atoms with Gasteiger partial charge in [-0.3, -0.25) is 4.68 Å². The standard InChI is InChI=1S/C13H18ClN3/c1-8-4-5-11(7-15)12(6-8)17-10(3)13(14)9(2)16-17/h8,11-12H,4-6H2,1-3H3. The van der Waals surface area contributed by atoms with Gasteiger partial charge in [-0.15, -0.1) is 0 Å². The third kappa shape index (κ3) is 2.19. The van der Waals surface area contributed by atoms with Gasteiger partial charge in [0.2, 0.25) is 0 Å². The summed E-state index contributed by atoms with van der Waals surface area (Å²) in [6, 6.07) is 2.61. The number of hydrogen-bond acceptors (Lipinski definition) is 2. The van der Waals surface area contributed by atoms with Crippen LogP contribution in [-0.4, -0.2) is 9.78 Å². The molecule has 92 valence electrons. The van der Waals surface area contributed by atoms with Crippen molar-refractivity contribution in [2.24, 2.45) is 11.8 Å². The number of aromatic nitrogens is 2. The molecule has 0 radical (unpaired) electrons. The average molecular weight is 252 g/mol. The van der Waals surface area contributed by atoms with E-state index in [1.807, 2.05) is 18.5 Å². The molecular weight excluding hydrogens is 234 g/mol. The zero-order chi connectivity index (χ0) is 12.6. The number of aryl methyl sites for hydroxylation is 1. The van der Waals surface area contributed by atoms with Crippen molar-refractivity contribution >= 4 is 11.6 Å². The molecule has 1 fully saturated rings. The van der Waals surface area contributed by atoms with E-state index in [4.69, 9.17) is 11.6 Å². The maximum absolute atomic E-state index is 9.25. The van der Waals surface area contributed by atoms with Crippen LogP contribution in [-0.2, 0) is 0 Å². The molecule has 0 aromatic carbocycles. The van der Waals surface area contributed by atoms with E-state index >= 15 is 0 Å². The van der Waals surface area contributed by atoms with E-state index in [-0.39, 0.29) is 12.0 Å². The van der Waals surface area contributed by atoms with Gasteiger partial charge in [0.05, 0.1) is 34.4 Å². The molecule has 1 saturated carbocycles. The Balaban J connectivity index is 2.36. The zero-order valence-corrected chi connectivity index (χ0v) is 11.3. The molecule has 0 saturated heterocycles. The summed E-state index contributed by atoms with van der Waals surface area (Å²) in [5.41, 5.74) is 1.85. The van der Waals surface area contributed by atoms with Crippen LogP contribution in [0.4, 0.5) is 0 Å². The Morgan fingerprint density at radius 3 is 2.65 bits per heavy atom. The van der Waals surface area contributed by atoms with E-state index < -0.39 is 0 Å². The second kappa shape index (κ2) is 4.70. The molecule has 3 atom stereocenters. The van der Waals surface area contributed by atoms with Gasteiger partial charge in [-0.25, -0.2) is 0 Å². The molecule has 1 aliphatic rings. The first-order valence-corrected chi connectivity index (χ1v) is 6.53. The molecule has 1 aliphatic carbocycles. The third-order valence-electron chi connectivity index (χ3n) is 3.80. The summed E-state index contributed by atoms with van der Waals surface area (Å²) in [6.45, 7) is 6.14. The first-order valence-electron chi connectivity index (χ1n) is 6.15. The minimum atomic E-state index is 0.0697. The van der Waals surface area contributed by atoms with Crippen molar-refractivity contribution in [2.45, 2.75) is 46.1 Å². The Bertz CT molecular complexity index is 458. The van der Waals surface area contributed by atoms with E-state index in [0.29, 0.717) is 5.92 Å². The highest BCUT2D eigenvalue weighted by Gasteiger charge is 2.32. The molecule has 1 aromatic rings. The van der Waals surface area contributed by atoms with Crippen LogP contribution in [0.25, 0.3) is 0 Å². The fourth-order valence-corrected chi connectivity index (χ4v) is 2.86. The van der Waals surface area contributed by atoms with E-state index in [1.165, 1.54) is 0 Å². The Morgan fingerprint density at radius 2 is 2.12 bits per heavy atom. The lowest BCUT2D eigenvalue weighted by atomic mass is 9.80. The number of nitrogens with zero attached hydrogens (tertiary/aromatic N) is 3. The second-order valence-corrected chi connectivity index (χ2v) is 5.53. The maximum Gasteiger partial charge on any atom is 0.0844 e. The van der Waals surface area contributed by atoms with Crippen LogP contribution in [0, 0.1) is 37.0 Å². The van der Waals surface area contributed by atoms with Gasteiger partial charge < -0.3 is 0 Å². The minimum absolute atomic E-state index is 0.0697. The van der Waals surface area contributed by atoms with Crippen LogP contribution in [0.3, 0.4) is 0 Å². The summed E-state index contributed by atoms with van der Waals surface area (Å²) < 4.78 is 1.97. The molecule has 2 rings (SSSR count). The molecule has 0 N–H and O–H groups in total. The van der Waals surface area contributed by atoms with Gasteiger partial charge in [0.1, 0.15) is 0 Å². The predicted molar refractivity (Wildman–Crippen MR) is 67.9 cm³/mol. The van der Waals surface area contributed by atoms with Gasteiger partial charge in [-0.2, -0.15) is 10.4 Å². The highest BCUT2D eigenvalue weighted by Crippen LogP contribution is 2.38. The summed E-state index contributed by atoms with van der Waals surface area (Å²) in [5, 5.41) is 14.5. The van der Waals surface area contributed by atoms with Crippen molar-refractivity contribution in [3.63, 3.8) is 0 Å². The number of halogens is 1. The summed E-state index contributed by atoms with van der Waals surface area (Å²) in [6.07, 6.45) is 3.14. The second-order valence-electron chi connectivity index (χ2n) is 5.15. The summed E-state index contributed by atoms with van der Waals surface area (Å²) in [4.78, 5) is 0. The number of rotatable bonds is 1. The lowest BCUT2D eigenvalue weighted by Gasteiger charge is -2.31. The molecule has 0 aliphatic heterocycles. The third-order valence-corrected chi connectivity index (χ3v) is 4.34. The predicted octanol–water partition coefficient (Wildman–Crippen LogP) is 3.65. The molecular formula is C13H18ClN3. The topological polar surface area (TPSA) is 41.6 Å². The summed E-state index contributed by atoms with van der Waals surface area (Å²) >= 11 is 6.18. The smallest absolute Gasteiger partial charge is 0.0844 e. The Hall–Kier alpha value is -1.01. The number of hydrogen-bond donors (Lipinski definition) is 0. The van der Waals surface area contributed by atoms with Crippen LogP contribution in [0.5, 0.6) is 0 Å². The lowest BCUT2D eigenvalue weighted by Crippen LogP contribution is -2.27. The number of nitriles is 1. The van der Waals surface area contributed by atoms with Crippen LogP contribution in [0.15, 0.2) is 0 Å². The zero-order valence-electron chi connectivity index (χ0n) is 10.6. The molecule has 1 heterocycles. The van der Waals surface area contributed by atoms with Crippen molar-refractivity contribution in [3.8, 4) is 6.07 Å². The lowest BCUT2D eigenvalue weighted by molar-refractivity contribution is 0.215. The monoisotopic (exact) mass is 251 g/mol. The Morgan fingerprint density at radius 1 is 1.41 bits per heavy atom. The van der Waals surface area contributed by atoms with Gasteiger partial charge in [0.15, 0.2) is 0 Å². The molecule has 0 spiro atoms.